The summed E-state index contributed by atoms with van der Waals surface area (Å²) >= 11 is 0. The monoisotopic (exact) mass is 347 g/mol. The van der Waals surface area contributed by atoms with Gasteiger partial charge in [0.1, 0.15) is 0 Å². The van der Waals surface area contributed by atoms with Gasteiger partial charge in [-0.3, -0.25) is 4.99 Å². The largest absolute Gasteiger partial charge is 0.381 e. The van der Waals surface area contributed by atoms with Crippen molar-refractivity contribution in [3.05, 3.63) is 35.9 Å². The van der Waals surface area contributed by atoms with Crippen LogP contribution in [0, 0.1) is 5.92 Å². The Hall–Kier alpha value is -1.59. The van der Waals surface area contributed by atoms with Crippen LogP contribution in [0.4, 0.5) is 0 Å². The van der Waals surface area contributed by atoms with E-state index in [1.54, 1.807) is 0 Å². The molecule has 0 spiro atoms. The molecule has 2 unspecified atom stereocenters. The second-order valence-corrected chi connectivity index (χ2v) is 6.68. The van der Waals surface area contributed by atoms with E-state index in [1.807, 2.05) is 7.05 Å². The van der Waals surface area contributed by atoms with Gasteiger partial charge in [0.25, 0.3) is 0 Å². The maximum absolute atomic E-state index is 5.71. The van der Waals surface area contributed by atoms with Crippen molar-refractivity contribution in [2.75, 3.05) is 46.6 Å². The van der Waals surface area contributed by atoms with Gasteiger partial charge in [0.05, 0.1) is 13.2 Å². The molecule has 0 aromatic heterocycles. The van der Waals surface area contributed by atoms with E-state index < -0.39 is 0 Å². The van der Waals surface area contributed by atoms with E-state index in [1.165, 1.54) is 5.56 Å². The predicted octanol–water partition coefficient (Wildman–Crippen LogP) is 2.79. The van der Waals surface area contributed by atoms with Crippen molar-refractivity contribution in [3.8, 4) is 0 Å². The van der Waals surface area contributed by atoms with Gasteiger partial charge < -0.3 is 20.1 Å². The average molecular weight is 348 g/mol. The topological polar surface area (TPSA) is 54.9 Å². The number of rotatable bonds is 10. The molecular weight excluding hydrogens is 314 g/mol. The first-order chi connectivity index (χ1) is 12.3. The molecule has 0 saturated carbocycles. The van der Waals surface area contributed by atoms with Crippen LogP contribution < -0.4 is 10.6 Å². The fourth-order valence-corrected chi connectivity index (χ4v) is 2.92. The van der Waals surface area contributed by atoms with Gasteiger partial charge in [0, 0.05) is 39.3 Å². The van der Waals surface area contributed by atoms with Gasteiger partial charge in [-0.05, 0) is 30.7 Å². The van der Waals surface area contributed by atoms with Crippen molar-refractivity contribution in [1.82, 2.24) is 10.6 Å². The van der Waals surface area contributed by atoms with Gasteiger partial charge >= 0.3 is 0 Å². The summed E-state index contributed by atoms with van der Waals surface area (Å²) in [5.74, 6) is 2.00. The van der Waals surface area contributed by atoms with Crippen LogP contribution in [0.3, 0.4) is 0 Å². The molecule has 0 aliphatic carbocycles. The first-order valence-corrected chi connectivity index (χ1v) is 9.44. The quantitative estimate of drug-likeness (QED) is 0.388. The Morgan fingerprint density at radius 3 is 2.80 bits per heavy atom. The molecule has 0 bridgehead atoms. The summed E-state index contributed by atoms with van der Waals surface area (Å²) in [5.41, 5.74) is 1.39. The van der Waals surface area contributed by atoms with Crippen LogP contribution in [-0.2, 0) is 9.47 Å². The van der Waals surface area contributed by atoms with Crippen molar-refractivity contribution < 1.29 is 9.47 Å². The molecule has 0 amide bonds. The van der Waals surface area contributed by atoms with E-state index in [2.05, 4.69) is 52.9 Å². The molecule has 140 valence electrons. The number of nitrogens with one attached hydrogen (secondary N) is 2. The minimum atomic E-state index is 0.541. The summed E-state index contributed by atoms with van der Waals surface area (Å²) in [6, 6.07) is 10.6. The number of guanidine groups is 1. The Balaban J connectivity index is 1.50. The van der Waals surface area contributed by atoms with Crippen LogP contribution in [-0.4, -0.2) is 52.5 Å². The number of hydrogen-bond donors (Lipinski definition) is 2. The molecule has 5 nitrogen and oxygen atoms in total. The Bertz CT molecular complexity index is 487. The molecule has 1 aliphatic rings. The van der Waals surface area contributed by atoms with Crippen molar-refractivity contribution in [2.45, 2.75) is 32.1 Å². The number of aliphatic imine (C=N–C) groups is 1. The molecule has 1 saturated heterocycles. The fraction of sp³-hybridized carbons (Fsp3) is 0.650. The average Bonchev–Trinajstić information content (AvgIpc) is 3.17. The van der Waals surface area contributed by atoms with Crippen molar-refractivity contribution in [1.29, 1.82) is 0 Å². The lowest BCUT2D eigenvalue weighted by Crippen LogP contribution is -2.38. The molecule has 1 aliphatic heterocycles. The standard InChI is InChI=1S/C20H33N3O2/c1-17(19-7-4-3-5-8-19)9-12-23-20(21-2)22-11-6-13-24-15-18-10-14-25-16-18/h3-5,7-8,17-18H,6,9-16H2,1-2H3,(H2,21,22,23). The van der Waals surface area contributed by atoms with Gasteiger partial charge in [0.2, 0.25) is 0 Å². The lowest BCUT2D eigenvalue weighted by atomic mass is 9.98. The highest BCUT2D eigenvalue weighted by molar-refractivity contribution is 5.79. The third kappa shape index (κ3) is 7.88. The Morgan fingerprint density at radius 2 is 2.08 bits per heavy atom. The molecule has 1 aromatic rings. The number of benzene rings is 1. The molecule has 0 radical (unpaired) electrons. The van der Waals surface area contributed by atoms with E-state index >= 15 is 0 Å². The zero-order valence-corrected chi connectivity index (χ0v) is 15.7. The Labute approximate surface area is 152 Å². The summed E-state index contributed by atoms with van der Waals surface area (Å²) in [6.07, 6.45) is 3.20. The van der Waals surface area contributed by atoms with Crippen LogP contribution in [0.15, 0.2) is 35.3 Å². The number of ether oxygens (including phenoxy) is 2. The highest BCUT2D eigenvalue weighted by Crippen LogP contribution is 2.17. The van der Waals surface area contributed by atoms with E-state index in [-0.39, 0.29) is 0 Å². The van der Waals surface area contributed by atoms with Crippen LogP contribution in [0.2, 0.25) is 0 Å². The van der Waals surface area contributed by atoms with Crippen LogP contribution >= 0.6 is 0 Å². The van der Waals surface area contributed by atoms with E-state index in [4.69, 9.17) is 9.47 Å². The van der Waals surface area contributed by atoms with E-state index in [0.29, 0.717) is 11.8 Å². The number of hydrogen-bond acceptors (Lipinski definition) is 3. The van der Waals surface area contributed by atoms with Gasteiger partial charge in [-0.25, -0.2) is 0 Å². The minimum Gasteiger partial charge on any atom is -0.381 e. The smallest absolute Gasteiger partial charge is 0.190 e. The fourth-order valence-electron chi connectivity index (χ4n) is 2.92. The Morgan fingerprint density at radius 1 is 1.28 bits per heavy atom. The molecule has 5 heteroatoms. The second-order valence-electron chi connectivity index (χ2n) is 6.68. The summed E-state index contributed by atoms with van der Waals surface area (Å²) in [7, 11) is 1.81. The van der Waals surface area contributed by atoms with Gasteiger partial charge in [-0.15, -0.1) is 0 Å². The van der Waals surface area contributed by atoms with Gasteiger partial charge in [-0.2, -0.15) is 0 Å². The lowest BCUT2D eigenvalue weighted by Gasteiger charge is -2.15. The van der Waals surface area contributed by atoms with Crippen LogP contribution in [0.5, 0.6) is 0 Å². The third-order valence-electron chi connectivity index (χ3n) is 4.60. The molecule has 25 heavy (non-hydrogen) atoms. The Kier molecular flexibility index (Phi) is 9.37. The van der Waals surface area contributed by atoms with Crippen LogP contribution in [0.25, 0.3) is 0 Å². The summed E-state index contributed by atoms with van der Waals surface area (Å²) in [5, 5.41) is 6.73. The van der Waals surface area contributed by atoms with Crippen molar-refractivity contribution >= 4 is 5.96 Å². The molecule has 1 aromatic carbocycles. The lowest BCUT2D eigenvalue weighted by molar-refractivity contribution is 0.0888. The first kappa shape index (κ1) is 19.7. The summed E-state index contributed by atoms with van der Waals surface area (Å²) in [6.45, 7) is 7.40. The third-order valence-corrected chi connectivity index (χ3v) is 4.60. The molecule has 2 N–H and O–H groups in total. The molecule has 2 rings (SSSR count). The summed E-state index contributed by atoms with van der Waals surface area (Å²) < 4.78 is 11.1. The molecular formula is C20H33N3O2. The molecule has 1 heterocycles. The zero-order chi connectivity index (χ0) is 17.7. The van der Waals surface area contributed by atoms with Crippen molar-refractivity contribution in [3.63, 3.8) is 0 Å². The van der Waals surface area contributed by atoms with Crippen LogP contribution in [0.1, 0.15) is 37.7 Å². The maximum atomic E-state index is 5.71. The van der Waals surface area contributed by atoms with E-state index in [0.717, 1.165) is 64.7 Å². The highest BCUT2D eigenvalue weighted by Gasteiger charge is 2.15. The second kappa shape index (κ2) is 11.9. The molecule has 1 fully saturated rings. The first-order valence-electron chi connectivity index (χ1n) is 9.44. The molecule has 2 atom stereocenters. The zero-order valence-electron chi connectivity index (χ0n) is 15.7. The normalized spacial score (nSPS) is 19.0. The van der Waals surface area contributed by atoms with Gasteiger partial charge in [-0.1, -0.05) is 37.3 Å². The minimum absolute atomic E-state index is 0.541. The van der Waals surface area contributed by atoms with Crippen molar-refractivity contribution in [2.24, 2.45) is 10.9 Å². The maximum Gasteiger partial charge on any atom is 0.190 e. The SMILES string of the molecule is CN=C(NCCCOCC1CCOC1)NCCC(C)c1ccccc1. The predicted molar refractivity (Wildman–Crippen MR) is 103 cm³/mol. The highest BCUT2D eigenvalue weighted by atomic mass is 16.5. The van der Waals surface area contributed by atoms with E-state index in [9.17, 15) is 0 Å². The summed E-state index contributed by atoms with van der Waals surface area (Å²) in [4.78, 5) is 4.28. The van der Waals surface area contributed by atoms with Gasteiger partial charge in [0.15, 0.2) is 5.96 Å². The number of nitrogens with zero attached hydrogens (tertiary/aromatic N) is 1.